The molecule has 178 valence electrons. The molecule has 2 amide bonds. The van der Waals surface area contributed by atoms with E-state index in [1.54, 1.807) is 38.1 Å². The van der Waals surface area contributed by atoms with Gasteiger partial charge in [-0.1, -0.05) is 18.2 Å². The van der Waals surface area contributed by atoms with Crippen molar-refractivity contribution in [3.8, 4) is 5.75 Å². The number of amides is 2. The number of esters is 1. The van der Waals surface area contributed by atoms with E-state index in [1.165, 1.54) is 11.3 Å². The Balaban J connectivity index is 1.65. The first kappa shape index (κ1) is 25.0. The normalized spacial score (nSPS) is 11.4. The van der Waals surface area contributed by atoms with E-state index in [0.717, 1.165) is 21.7 Å². The van der Waals surface area contributed by atoms with Gasteiger partial charge in [-0.25, -0.2) is 4.79 Å². The number of benzene rings is 2. The molecule has 0 aliphatic carbocycles. The van der Waals surface area contributed by atoms with Crippen LogP contribution in [-0.2, 0) is 9.53 Å². The van der Waals surface area contributed by atoms with Gasteiger partial charge in [0.25, 0.3) is 11.8 Å². The number of anilines is 2. The number of carbonyl (C=O) groups excluding carboxylic acids is 3. The van der Waals surface area contributed by atoms with Crippen molar-refractivity contribution < 1.29 is 23.9 Å². The summed E-state index contributed by atoms with van der Waals surface area (Å²) in [5, 5.41) is 6.12. The summed E-state index contributed by atoms with van der Waals surface area (Å²) < 4.78 is 10.9. The summed E-state index contributed by atoms with van der Waals surface area (Å²) in [4.78, 5) is 38.5. The number of nitrogens with one attached hydrogen (secondary N) is 2. The van der Waals surface area contributed by atoms with Crippen molar-refractivity contribution in [2.75, 3.05) is 17.2 Å². The van der Waals surface area contributed by atoms with E-state index in [-0.39, 0.29) is 18.4 Å². The molecule has 0 saturated carbocycles. The van der Waals surface area contributed by atoms with Crippen molar-refractivity contribution in [2.45, 2.75) is 40.7 Å². The monoisotopic (exact) mass is 480 g/mol. The molecule has 0 radical (unpaired) electrons. The second-order valence-electron chi connectivity index (χ2n) is 7.75. The van der Waals surface area contributed by atoms with Crippen LogP contribution in [-0.4, -0.2) is 30.5 Å². The van der Waals surface area contributed by atoms with E-state index in [4.69, 9.17) is 9.47 Å². The first-order chi connectivity index (χ1) is 16.2. The van der Waals surface area contributed by atoms with Crippen LogP contribution in [0.2, 0.25) is 0 Å². The molecule has 0 fully saturated rings. The minimum Gasteiger partial charge on any atom is -0.481 e. The van der Waals surface area contributed by atoms with Crippen LogP contribution in [0.1, 0.15) is 50.6 Å². The fourth-order valence-electron chi connectivity index (χ4n) is 3.23. The Morgan fingerprint density at radius 3 is 2.29 bits per heavy atom. The zero-order valence-corrected chi connectivity index (χ0v) is 20.7. The van der Waals surface area contributed by atoms with Crippen LogP contribution in [0, 0.1) is 20.8 Å². The van der Waals surface area contributed by atoms with Crippen LogP contribution in [0.4, 0.5) is 10.7 Å². The highest BCUT2D eigenvalue weighted by atomic mass is 32.1. The highest BCUT2D eigenvalue weighted by Gasteiger charge is 2.22. The predicted molar refractivity (Wildman–Crippen MR) is 134 cm³/mol. The smallest absolute Gasteiger partial charge is 0.341 e. The van der Waals surface area contributed by atoms with Crippen molar-refractivity contribution in [2.24, 2.45) is 0 Å². The molecule has 0 aliphatic rings. The van der Waals surface area contributed by atoms with Crippen LogP contribution in [0.5, 0.6) is 5.75 Å². The third kappa shape index (κ3) is 5.82. The SMILES string of the molecule is CCOC(=O)c1c(NC(=O)c2ccc(OC(C)C(=O)Nc3ccccc3C)cc2)sc(C)c1C. The minimum atomic E-state index is -0.733. The van der Waals surface area contributed by atoms with Crippen molar-refractivity contribution in [1.82, 2.24) is 0 Å². The molecule has 1 heterocycles. The van der Waals surface area contributed by atoms with Gasteiger partial charge < -0.3 is 20.1 Å². The first-order valence-electron chi connectivity index (χ1n) is 10.9. The maximum absolute atomic E-state index is 12.8. The first-order valence-corrected chi connectivity index (χ1v) is 11.7. The summed E-state index contributed by atoms with van der Waals surface area (Å²) in [6, 6.07) is 14.0. The summed E-state index contributed by atoms with van der Waals surface area (Å²) in [7, 11) is 0. The average molecular weight is 481 g/mol. The molecule has 0 spiro atoms. The van der Waals surface area contributed by atoms with Gasteiger partial charge in [0, 0.05) is 16.1 Å². The van der Waals surface area contributed by atoms with Gasteiger partial charge in [-0.2, -0.15) is 0 Å². The molecule has 3 aromatic rings. The zero-order valence-electron chi connectivity index (χ0n) is 19.9. The van der Waals surface area contributed by atoms with Crippen LogP contribution >= 0.6 is 11.3 Å². The molecule has 0 aliphatic heterocycles. The number of hydrogen-bond donors (Lipinski definition) is 2. The Morgan fingerprint density at radius 2 is 1.65 bits per heavy atom. The molecule has 7 nitrogen and oxygen atoms in total. The van der Waals surface area contributed by atoms with E-state index in [9.17, 15) is 14.4 Å². The maximum atomic E-state index is 12.8. The van der Waals surface area contributed by atoms with Gasteiger partial charge in [-0.05, 0) is 76.1 Å². The van der Waals surface area contributed by atoms with Gasteiger partial charge in [0.15, 0.2) is 6.10 Å². The van der Waals surface area contributed by atoms with E-state index in [0.29, 0.717) is 21.9 Å². The van der Waals surface area contributed by atoms with Crippen molar-refractivity contribution in [3.63, 3.8) is 0 Å². The molecule has 3 rings (SSSR count). The fourth-order valence-corrected chi connectivity index (χ4v) is 4.27. The molecule has 1 atom stereocenters. The van der Waals surface area contributed by atoms with Crippen molar-refractivity contribution in [3.05, 3.63) is 75.7 Å². The van der Waals surface area contributed by atoms with Crippen LogP contribution in [0.3, 0.4) is 0 Å². The van der Waals surface area contributed by atoms with Crippen molar-refractivity contribution in [1.29, 1.82) is 0 Å². The maximum Gasteiger partial charge on any atom is 0.341 e. The fraction of sp³-hybridized carbons (Fsp3) is 0.269. The third-order valence-corrected chi connectivity index (χ3v) is 6.42. The lowest BCUT2D eigenvalue weighted by Gasteiger charge is -2.16. The van der Waals surface area contributed by atoms with E-state index in [1.807, 2.05) is 45.0 Å². The molecule has 2 N–H and O–H groups in total. The highest BCUT2D eigenvalue weighted by Crippen LogP contribution is 2.33. The molecular weight excluding hydrogens is 452 g/mol. The van der Waals surface area contributed by atoms with Gasteiger partial charge in [0.05, 0.1) is 12.2 Å². The largest absolute Gasteiger partial charge is 0.481 e. The number of carbonyl (C=O) groups is 3. The Hall–Kier alpha value is -3.65. The predicted octanol–water partition coefficient (Wildman–Crippen LogP) is 5.51. The molecule has 2 aromatic carbocycles. The van der Waals surface area contributed by atoms with Gasteiger partial charge in [-0.15, -0.1) is 11.3 Å². The standard InChI is InChI=1S/C26H28N2O5S/c1-6-32-26(31)22-16(3)18(5)34-25(22)28-24(30)19-11-13-20(14-12-19)33-17(4)23(29)27-21-10-8-7-9-15(21)2/h7-14,17H,6H2,1-5H3,(H,27,29)(H,28,30). The second kappa shape index (κ2) is 11.0. The topological polar surface area (TPSA) is 93.7 Å². The van der Waals surface area contributed by atoms with Crippen molar-refractivity contribution >= 4 is 39.8 Å². The molecule has 8 heteroatoms. The molecule has 0 bridgehead atoms. The molecule has 0 saturated heterocycles. The van der Waals surface area contributed by atoms with Crippen LogP contribution in [0.25, 0.3) is 0 Å². The van der Waals surface area contributed by atoms with E-state index >= 15 is 0 Å². The lowest BCUT2D eigenvalue weighted by atomic mass is 10.1. The molecule has 34 heavy (non-hydrogen) atoms. The summed E-state index contributed by atoms with van der Waals surface area (Å²) in [5.74, 6) is -0.630. The van der Waals surface area contributed by atoms with Gasteiger partial charge in [-0.3, -0.25) is 9.59 Å². The molecule has 1 unspecified atom stereocenters. The third-order valence-electron chi connectivity index (χ3n) is 5.29. The Bertz CT molecular complexity index is 1200. The molecule has 1 aromatic heterocycles. The zero-order chi connectivity index (χ0) is 24.8. The van der Waals surface area contributed by atoms with E-state index < -0.39 is 12.1 Å². The summed E-state index contributed by atoms with van der Waals surface area (Å²) in [6.45, 7) is 9.29. The number of ether oxygens (including phenoxy) is 2. The number of thiophene rings is 1. The van der Waals surface area contributed by atoms with Gasteiger partial charge in [0.1, 0.15) is 10.8 Å². The quantitative estimate of drug-likeness (QED) is 0.415. The van der Waals surface area contributed by atoms with Gasteiger partial charge >= 0.3 is 5.97 Å². The van der Waals surface area contributed by atoms with Gasteiger partial charge in [0.2, 0.25) is 0 Å². The van der Waals surface area contributed by atoms with Crippen LogP contribution < -0.4 is 15.4 Å². The second-order valence-corrected chi connectivity index (χ2v) is 8.98. The van der Waals surface area contributed by atoms with Crippen LogP contribution in [0.15, 0.2) is 48.5 Å². The number of rotatable bonds is 8. The average Bonchev–Trinajstić information content (AvgIpc) is 3.08. The minimum absolute atomic E-state index is 0.253. The Labute approximate surface area is 203 Å². The summed E-state index contributed by atoms with van der Waals surface area (Å²) in [5.41, 5.74) is 3.26. The lowest BCUT2D eigenvalue weighted by molar-refractivity contribution is -0.122. The molecular formula is C26H28N2O5S. The Morgan fingerprint density at radius 1 is 0.971 bits per heavy atom. The number of para-hydroxylation sites is 1. The summed E-state index contributed by atoms with van der Waals surface area (Å²) >= 11 is 1.33. The highest BCUT2D eigenvalue weighted by molar-refractivity contribution is 7.16. The van der Waals surface area contributed by atoms with E-state index in [2.05, 4.69) is 10.6 Å². The number of hydrogen-bond acceptors (Lipinski definition) is 6. The summed E-state index contributed by atoms with van der Waals surface area (Å²) in [6.07, 6.45) is -0.733. The Kier molecular flexibility index (Phi) is 8.07. The number of aryl methyl sites for hydroxylation is 2. The lowest BCUT2D eigenvalue weighted by Crippen LogP contribution is -2.30.